The van der Waals surface area contributed by atoms with E-state index >= 15 is 0 Å². The highest BCUT2D eigenvalue weighted by Gasteiger charge is 2.24. The fraction of sp³-hybridized carbons (Fsp3) is 0.857. The number of carbonyl (C=O) groups excluding carboxylic acids is 1. The number of nitrogens with one attached hydrogen (secondary N) is 1. The summed E-state index contributed by atoms with van der Waals surface area (Å²) in [5.41, 5.74) is 0. The molecule has 0 saturated heterocycles. The van der Waals surface area contributed by atoms with Gasteiger partial charge in [0.2, 0.25) is 10.0 Å². The van der Waals surface area contributed by atoms with Crippen LogP contribution in [0.3, 0.4) is 0 Å². The van der Waals surface area contributed by atoms with E-state index in [0.29, 0.717) is 0 Å². The predicted molar refractivity (Wildman–Crippen MR) is 57.9 cm³/mol. The smallest absolute Gasteiger partial charge is 0.323 e. The summed E-state index contributed by atoms with van der Waals surface area (Å²) in [5, 5.41) is -1.05. The Morgan fingerprint density at radius 2 is 1.81 bits per heavy atom. The third-order valence-electron chi connectivity index (χ3n) is 1.37. The molecule has 96 valence electrons. The van der Waals surface area contributed by atoms with Gasteiger partial charge in [-0.25, -0.2) is 21.6 Å². The maximum absolute atomic E-state index is 11.3. The molecule has 0 aliphatic rings. The minimum absolute atomic E-state index is 0.122. The molecule has 1 N–H and O–H groups in total. The molecule has 1 unspecified atom stereocenters. The maximum atomic E-state index is 11.3. The van der Waals surface area contributed by atoms with Crippen LogP contribution in [0.4, 0.5) is 0 Å². The first-order valence-electron chi connectivity index (χ1n) is 4.42. The third-order valence-corrected chi connectivity index (χ3v) is 5.03. The van der Waals surface area contributed by atoms with Crippen molar-refractivity contribution >= 4 is 25.8 Å². The Bertz CT molecular complexity index is 437. The number of sulfonamides is 1. The molecule has 0 fully saturated rings. The average molecular weight is 273 g/mol. The van der Waals surface area contributed by atoms with Crippen LogP contribution >= 0.6 is 0 Å². The molecule has 0 rings (SSSR count). The summed E-state index contributed by atoms with van der Waals surface area (Å²) >= 11 is 0. The van der Waals surface area contributed by atoms with Gasteiger partial charge in [-0.05, 0) is 13.8 Å². The van der Waals surface area contributed by atoms with Crippen molar-refractivity contribution in [2.45, 2.75) is 19.9 Å². The molecule has 9 heteroatoms. The fourth-order valence-corrected chi connectivity index (χ4v) is 4.06. The molecule has 0 aromatic heterocycles. The van der Waals surface area contributed by atoms with E-state index in [2.05, 4.69) is 4.74 Å². The molecular weight excluding hydrogens is 258 g/mol. The first-order chi connectivity index (χ1) is 7.07. The van der Waals surface area contributed by atoms with Gasteiger partial charge in [0, 0.05) is 6.26 Å². The van der Waals surface area contributed by atoms with Gasteiger partial charge in [0.15, 0.2) is 14.9 Å². The van der Waals surface area contributed by atoms with Gasteiger partial charge in [0.05, 0.1) is 6.61 Å². The standard InChI is InChI=1S/C7H15NO6S2/c1-4-14-7(9)6(2)8-16(12,13)5-15(3,10)11/h6,8H,4-5H2,1-3H3. The van der Waals surface area contributed by atoms with Gasteiger partial charge in [0.1, 0.15) is 6.04 Å². The number of ether oxygens (including phenoxy) is 1. The van der Waals surface area contributed by atoms with Crippen LogP contribution < -0.4 is 4.72 Å². The number of hydrogen-bond donors (Lipinski definition) is 1. The molecule has 0 aliphatic carbocycles. The summed E-state index contributed by atoms with van der Waals surface area (Å²) < 4.78 is 50.6. The molecule has 0 heterocycles. The molecular formula is C7H15NO6S2. The lowest BCUT2D eigenvalue weighted by molar-refractivity contribution is -0.144. The highest BCUT2D eigenvalue weighted by Crippen LogP contribution is 1.96. The number of sulfone groups is 1. The van der Waals surface area contributed by atoms with Gasteiger partial charge in [-0.3, -0.25) is 4.79 Å². The molecule has 7 nitrogen and oxygen atoms in total. The van der Waals surface area contributed by atoms with Gasteiger partial charge in [0.25, 0.3) is 0 Å². The van der Waals surface area contributed by atoms with E-state index in [4.69, 9.17) is 0 Å². The summed E-state index contributed by atoms with van der Waals surface area (Å²) in [7, 11) is -7.71. The Labute approximate surface area is 95.1 Å². The number of esters is 1. The molecule has 0 spiro atoms. The quantitative estimate of drug-likeness (QED) is 0.613. The zero-order chi connectivity index (χ0) is 13.0. The largest absolute Gasteiger partial charge is 0.465 e. The number of carbonyl (C=O) groups is 1. The molecule has 0 saturated carbocycles. The van der Waals surface area contributed by atoms with Gasteiger partial charge in [-0.2, -0.15) is 0 Å². The molecule has 0 amide bonds. The first kappa shape index (κ1) is 15.3. The molecule has 16 heavy (non-hydrogen) atoms. The number of hydrogen-bond acceptors (Lipinski definition) is 6. The summed E-state index contributed by atoms with van der Waals surface area (Å²) in [6, 6.07) is -1.10. The molecule has 0 aliphatic heterocycles. The molecule has 0 radical (unpaired) electrons. The van der Waals surface area contributed by atoms with Crippen LogP contribution in [0, 0.1) is 0 Å². The van der Waals surface area contributed by atoms with Crippen molar-refractivity contribution in [3.8, 4) is 0 Å². The van der Waals surface area contributed by atoms with E-state index in [9.17, 15) is 21.6 Å². The maximum Gasteiger partial charge on any atom is 0.323 e. The minimum atomic E-state index is -4.04. The van der Waals surface area contributed by atoms with Crippen molar-refractivity contribution < 1.29 is 26.4 Å². The first-order valence-corrected chi connectivity index (χ1v) is 8.13. The van der Waals surface area contributed by atoms with Crippen molar-refractivity contribution in [3.63, 3.8) is 0 Å². The lowest BCUT2D eigenvalue weighted by Crippen LogP contribution is -2.41. The van der Waals surface area contributed by atoms with Gasteiger partial charge >= 0.3 is 5.97 Å². The normalized spacial score (nSPS) is 14.4. The Morgan fingerprint density at radius 3 is 2.19 bits per heavy atom. The third kappa shape index (κ3) is 6.75. The van der Waals surface area contributed by atoms with Crippen LogP contribution in [0.1, 0.15) is 13.8 Å². The van der Waals surface area contributed by atoms with E-state index in [0.717, 1.165) is 6.26 Å². The Hall–Kier alpha value is -0.670. The van der Waals surface area contributed by atoms with Crippen molar-refractivity contribution in [3.05, 3.63) is 0 Å². The number of rotatable bonds is 6. The monoisotopic (exact) mass is 273 g/mol. The van der Waals surface area contributed by atoms with Crippen LogP contribution in [-0.2, 0) is 29.4 Å². The van der Waals surface area contributed by atoms with Gasteiger partial charge in [-0.15, -0.1) is 0 Å². The van der Waals surface area contributed by atoms with Crippen LogP contribution in [0.15, 0.2) is 0 Å². The Balaban J connectivity index is 4.55. The zero-order valence-electron chi connectivity index (χ0n) is 9.26. The van der Waals surface area contributed by atoms with E-state index in [1.165, 1.54) is 6.92 Å². The summed E-state index contributed by atoms with van der Waals surface area (Å²) in [4.78, 5) is 11.1. The SMILES string of the molecule is CCOC(=O)C(C)NS(=O)(=O)CS(C)(=O)=O. The summed E-state index contributed by atoms with van der Waals surface area (Å²) in [5.74, 6) is -0.750. The van der Waals surface area contributed by atoms with Crippen LogP contribution in [-0.4, -0.2) is 46.8 Å². The second kappa shape index (κ2) is 5.60. The van der Waals surface area contributed by atoms with E-state index in [1.807, 2.05) is 4.72 Å². The van der Waals surface area contributed by atoms with Crippen LogP contribution in [0.25, 0.3) is 0 Å². The topological polar surface area (TPSA) is 107 Å². The van der Waals surface area contributed by atoms with Gasteiger partial charge < -0.3 is 4.74 Å². The van der Waals surface area contributed by atoms with Crippen LogP contribution in [0.2, 0.25) is 0 Å². The Morgan fingerprint density at radius 1 is 1.31 bits per heavy atom. The minimum Gasteiger partial charge on any atom is -0.465 e. The second-order valence-electron chi connectivity index (χ2n) is 3.25. The lowest BCUT2D eigenvalue weighted by atomic mass is 10.4. The van der Waals surface area contributed by atoms with Crippen molar-refractivity contribution in [2.75, 3.05) is 17.9 Å². The van der Waals surface area contributed by atoms with E-state index in [-0.39, 0.29) is 6.61 Å². The summed E-state index contributed by atoms with van der Waals surface area (Å²) in [6.07, 6.45) is 0.793. The summed E-state index contributed by atoms with van der Waals surface area (Å²) in [6.45, 7) is 2.98. The lowest BCUT2D eigenvalue weighted by Gasteiger charge is -2.12. The van der Waals surface area contributed by atoms with Crippen molar-refractivity contribution in [2.24, 2.45) is 0 Å². The Kier molecular flexibility index (Phi) is 5.36. The average Bonchev–Trinajstić information content (AvgIpc) is 1.98. The van der Waals surface area contributed by atoms with Crippen LogP contribution in [0.5, 0.6) is 0 Å². The molecule has 0 aromatic carbocycles. The van der Waals surface area contributed by atoms with E-state index < -0.39 is 37.0 Å². The highest BCUT2D eigenvalue weighted by molar-refractivity contribution is 8.06. The molecule has 0 aromatic rings. The van der Waals surface area contributed by atoms with E-state index in [1.54, 1.807) is 6.92 Å². The predicted octanol–water partition coefficient (Wildman–Crippen LogP) is -1.14. The van der Waals surface area contributed by atoms with Crippen molar-refractivity contribution in [1.82, 2.24) is 4.72 Å². The van der Waals surface area contributed by atoms with Gasteiger partial charge in [-0.1, -0.05) is 0 Å². The highest BCUT2D eigenvalue weighted by atomic mass is 32.3. The molecule has 1 atom stereocenters. The zero-order valence-corrected chi connectivity index (χ0v) is 10.9. The van der Waals surface area contributed by atoms with Crippen molar-refractivity contribution in [1.29, 1.82) is 0 Å². The fourth-order valence-electron chi connectivity index (χ4n) is 0.901. The molecule has 0 bridgehead atoms. The second-order valence-corrected chi connectivity index (χ2v) is 7.51.